The average molecular weight is 249 g/mol. The largest absolute Gasteiger partial charge is 0.289 e. The van der Waals surface area contributed by atoms with E-state index in [1.54, 1.807) is 36.4 Å². The van der Waals surface area contributed by atoms with Crippen LogP contribution in [-0.2, 0) is 4.79 Å². The molecule has 0 aliphatic heterocycles. The van der Waals surface area contributed by atoms with E-state index in [9.17, 15) is 14.4 Å². The van der Waals surface area contributed by atoms with Gasteiger partial charge in [0, 0.05) is 16.7 Å². The monoisotopic (exact) mass is 249 g/mol. The third kappa shape index (κ3) is 1.55. The molecule has 1 aliphatic rings. The smallest absolute Gasteiger partial charge is 0.240 e. The van der Waals surface area contributed by atoms with Gasteiger partial charge in [-0.2, -0.15) is 4.99 Å². The van der Waals surface area contributed by atoms with Crippen LogP contribution in [0.5, 0.6) is 0 Å². The Morgan fingerprint density at radius 3 is 2.11 bits per heavy atom. The fourth-order valence-electron chi connectivity index (χ4n) is 2.27. The van der Waals surface area contributed by atoms with E-state index in [4.69, 9.17) is 0 Å². The SMILES string of the molecule is O=C=Nc1cccc2c1C(=O)c1ccccc1C2=O. The van der Waals surface area contributed by atoms with Crippen LogP contribution in [0.2, 0.25) is 0 Å². The maximum Gasteiger partial charge on any atom is 0.240 e. The van der Waals surface area contributed by atoms with Crippen molar-refractivity contribution >= 4 is 23.3 Å². The molecule has 0 bridgehead atoms. The standard InChI is InChI=1S/C15H7NO3/c17-8-16-12-7-3-6-11-13(12)15(19)10-5-2-1-4-9(10)14(11)18/h1-7H. The Kier molecular flexibility index (Phi) is 2.44. The lowest BCUT2D eigenvalue weighted by atomic mass is 9.83. The zero-order chi connectivity index (χ0) is 13.4. The molecule has 2 aromatic rings. The van der Waals surface area contributed by atoms with Gasteiger partial charge in [-0.3, -0.25) is 9.59 Å². The Morgan fingerprint density at radius 1 is 0.789 bits per heavy atom. The molecule has 2 aromatic carbocycles. The highest BCUT2D eigenvalue weighted by molar-refractivity contribution is 6.30. The third-order valence-corrected chi connectivity index (χ3v) is 3.10. The summed E-state index contributed by atoms with van der Waals surface area (Å²) in [6.07, 6.45) is 1.40. The normalized spacial score (nSPS) is 12.4. The number of aliphatic imine (C=N–C) groups is 1. The highest BCUT2D eigenvalue weighted by Crippen LogP contribution is 2.32. The highest BCUT2D eigenvalue weighted by Gasteiger charge is 2.31. The minimum Gasteiger partial charge on any atom is -0.289 e. The summed E-state index contributed by atoms with van der Waals surface area (Å²) in [6.45, 7) is 0. The molecule has 4 nitrogen and oxygen atoms in total. The molecule has 90 valence electrons. The van der Waals surface area contributed by atoms with Crippen LogP contribution in [0.3, 0.4) is 0 Å². The quantitative estimate of drug-likeness (QED) is 0.491. The Hall–Kier alpha value is -2.84. The molecule has 0 unspecified atom stereocenters. The zero-order valence-electron chi connectivity index (χ0n) is 9.71. The molecule has 4 heteroatoms. The predicted molar refractivity (Wildman–Crippen MR) is 67.5 cm³/mol. The van der Waals surface area contributed by atoms with Crippen molar-refractivity contribution in [3.63, 3.8) is 0 Å². The number of nitrogens with zero attached hydrogens (tertiary/aromatic N) is 1. The fraction of sp³-hybridized carbons (Fsp3) is 0. The van der Waals surface area contributed by atoms with Gasteiger partial charge in [-0.25, -0.2) is 4.79 Å². The number of benzene rings is 2. The first-order chi connectivity index (χ1) is 9.24. The van der Waals surface area contributed by atoms with Crippen molar-refractivity contribution in [3.05, 3.63) is 64.7 Å². The Balaban J connectivity index is 2.36. The highest BCUT2D eigenvalue weighted by atomic mass is 16.1. The zero-order valence-corrected chi connectivity index (χ0v) is 9.71. The molecule has 0 saturated carbocycles. The maximum absolute atomic E-state index is 12.4. The first kappa shape index (κ1) is 11.3. The number of rotatable bonds is 1. The number of hydrogen-bond acceptors (Lipinski definition) is 4. The molecule has 0 amide bonds. The number of hydrogen-bond donors (Lipinski definition) is 0. The molecule has 0 heterocycles. The molecule has 0 radical (unpaired) electrons. The second-order valence-electron chi connectivity index (χ2n) is 4.11. The van der Waals surface area contributed by atoms with Gasteiger partial charge in [0.25, 0.3) is 0 Å². The molecule has 0 spiro atoms. The summed E-state index contributed by atoms with van der Waals surface area (Å²) in [5, 5.41) is 0. The molecule has 19 heavy (non-hydrogen) atoms. The minimum atomic E-state index is -0.292. The first-order valence-electron chi connectivity index (χ1n) is 5.63. The Bertz CT molecular complexity index is 771. The number of fused-ring (bicyclic) bond motifs is 2. The molecule has 0 fully saturated rings. The molecule has 3 rings (SSSR count). The van der Waals surface area contributed by atoms with Gasteiger partial charge < -0.3 is 0 Å². The van der Waals surface area contributed by atoms with E-state index in [-0.39, 0.29) is 28.4 Å². The molecular formula is C15H7NO3. The predicted octanol–water partition coefficient (Wildman–Crippen LogP) is 2.43. The number of isocyanates is 1. The Morgan fingerprint density at radius 2 is 1.42 bits per heavy atom. The van der Waals surface area contributed by atoms with E-state index in [0.29, 0.717) is 11.1 Å². The summed E-state index contributed by atoms with van der Waals surface area (Å²) < 4.78 is 0. The van der Waals surface area contributed by atoms with Gasteiger partial charge in [-0.05, 0) is 6.07 Å². The number of ketones is 2. The van der Waals surface area contributed by atoms with E-state index in [2.05, 4.69) is 4.99 Å². The van der Waals surface area contributed by atoms with E-state index in [1.165, 1.54) is 12.1 Å². The van der Waals surface area contributed by atoms with Gasteiger partial charge in [0.1, 0.15) is 0 Å². The third-order valence-electron chi connectivity index (χ3n) is 3.10. The van der Waals surface area contributed by atoms with E-state index in [1.807, 2.05) is 0 Å². The van der Waals surface area contributed by atoms with Crippen molar-refractivity contribution in [1.82, 2.24) is 0 Å². The van der Waals surface area contributed by atoms with Crippen LogP contribution in [0.4, 0.5) is 5.69 Å². The molecule has 0 saturated heterocycles. The summed E-state index contributed by atoms with van der Waals surface area (Å²) in [6, 6.07) is 11.3. The summed E-state index contributed by atoms with van der Waals surface area (Å²) in [5.74, 6) is -0.520. The maximum atomic E-state index is 12.4. The fourth-order valence-corrected chi connectivity index (χ4v) is 2.27. The van der Waals surface area contributed by atoms with Gasteiger partial charge in [-0.15, -0.1) is 0 Å². The lowest BCUT2D eigenvalue weighted by molar-refractivity contribution is 0.0979. The van der Waals surface area contributed by atoms with Crippen LogP contribution in [0.15, 0.2) is 47.5 Å². The minimum absolute atomic E-state index is 0.176. The number of carbonyl (C=O) groups excluding carboxylic acids is 3. The van der Waals surface area contributed by atoms with Crippen molar-refractivity contribution in [2.45, 2.75) is 0 Å². The number of carbonyl (C=O) groups is 2. The average Bonchev–Trinajstić information content (AvgIpc) is 2.45. The molecule has 0 atom stereocenters. The molecule has 1 aliphatic carbocycles. The lowest BCUT2D eigenvalue weighted by Gasteiger charge is -2.17. The van der Waals surface area contributed by atoms with Crippen LogP contribution in [-0.4, -0.2) is 17.6 Å². The summed E-state index contributed by atoms with van der Waals surface area (Å²) >= 11 is 0. The second-order valence-corrected chi connectivity index (χ2v) is 4.11. The van der Waals surface area contributed by atoms with Crippen LogP contribution < -0.4 is 0 Å². The van der Waals surface area contributed by atoms with E-state index in [0.717, 1.165) is 0 Å². The van der Waals surface area contributed by atoms with Crippen LogP contribution in [0, 0.1) is 0 Å². The van der Waals surface area contributed by atoms with Gasteiger partial charge in [0.2, 0.25) is 6.08 Å². The van der Waals surface area contributed by atoms with E-state index < -0.39 is 0 Å². The summed E-state index contributed by atoms with van der Waals surface area (Å²) in [4.78, 5) is 38.6. The molecule has 0 aromatic heterocycles. The Labute approximate surface area is 108 Å². The van der Waals surface area contributed by atoms with Crippen LogP contribution >= 0.6 is 0 Å². The molecule has 0 N–H and O–H groups in total. The van der Waals surface area contributed by atoms with E-state index >= 15 is 0 Å². The van der Waals surface area contributed by atoms with Crippen molar-refractivity contribution < 1.29 is 14.4 Å². The second kappa shape index (κ2) is 4.12. The van der Waals surface area contributed by atoms with Crippen molar-refractivity contribution in [3.8, 4) is 0 Å². The lowest BCUT2D eigenvalue weighted by Crippen LogP contribution is -2.20. The van der Waals surface area contributed by atoms with Crippen LogP contribution in [0.25, 0.3) is 0 Å². The topological polar surface area (TPSA) is 63.6 Å². The summed E-state index contributed by atoms with van der Waals surface area (Å²) in [7, 11) is 0. The van der Waals surface area contributed by atoms with Gasteiger partial charge in [0.15, 0.2) is 11.6 Å². The first-order valence-corrected chi connectivity index (χ1v) is 5.63. The summed E-state index contributed by atoms with van der Waals surface area (Å²) in [5.41, 5.74) is 1.36. The van der Waals surface area contributed by atoms with Gasteiger partial charge in [0.05, 0.1) is 11.3 Å². The van der Waals surface area contributed by atoms with Crippen LogP contribution in [0.1, 0.15) is 31.8 Å². The van der Waals surface area contributed by atoms with Gasteiger partial charge >= 0.3 is 0 Å². The van der Waals surface area contributed by atoms with Crippen molar-refractivity contribution in [2.75, 3.05) is 0 Å². The molecular weight excluding hydrogens is 242 g/mol. The van der Waals surface area contributed by atoms with Crippen molar-refractivity contribution in [2.24, 2.45) is 4.99 Å². The van der Waals surface area contributed by atoms with Crippen molar-refractivity contribution in [1.29, 1.82) is 0 Å². The van der Waals surface area contributed by atoms with Gasteiger partial charge in [-0.1, -0.05) is 36.4 Å².